The van der Waals surface area contributed by atoms with Crippen LogP contribution in [0.25, 0.3) is 0 Å². The molecule has 0 aliphatic carbocycles. The Morgan fingerprint density at radius 2 is 2.27 bits per heavy atom. The number of esters is 1. The highest BCUT2D eigenvalue weighted by Gasteiger charge is 2.03. The Kier molecular flexibility index (Phi) is 9.95. The molecule has 1 atom stereocenters. The van der Waals surface area contributed by atoms with E-state index in [9.17, 15) is 4.79 Å². The molecule has 2 radical (unpaired) electrons. The summed E-state index contributed by atoms with van der Waals surface area (Å²) < 4.78 is 4.88. The Bertz CT molecular complexity index is 123. The molecule has 0 saturated carbocycles. The molecular formula is C8H14MgO2. The van der Waals surface area contributed by atoms with Gasteiger partial charge in [-0.15, -0.1) is 0 Å². The Morgan fingerprint density at radius 1 is 1.73 bits per heavy atom. The lowest BCUT2D eigenvalue weighted by molar-refractivity contribution is -0.142. The third-order valence-corrected chi connectivity index (χ3v) is 1.18. The summed E-state index contributed by atoms with van der Waals surface area (Å²) in [4.78, 5) is 10.6. The molecule has 0 aromatic heterocycles. The van der Waals surface area contributed by atoms with Crippen LogP contribution < -0.4 is 0 Å². The first-order chi connectivity index (χ1) is 4.70. The lowest BCUT2D eigenvalue weighted by atomic mass is 10.2. The Morgan fingerprint density at radius 3 is 2.64 bits per heavy atom. The van der Waals surface area contributed by atoms with Gasteiger partial charge in [0, 0.05) is 29.1 Å². The van der Waals surface area contributed by atoms with E-state index in [0.717, 1.165) is 12.8 Å². The largest absolute Gasteiger partial charge is 0.460 e. The van der Waals surface area contributed by atoms with Gasteiger partial charge in [0.05, 0.1) is 6.10 Å². The molecule has 0 aliphatic heterocycles. The fourth-order valence-electron chi connectivity index (χ4n) is 0.712. The molecule has 0 aromatic carbocycles. The summed E-state index contributed by atoms with van der Waals surface area (Å²) in [6, 6.07) is 0. The molecule has 2 nitrogen and oxygen atoms in total. The van der Waals surface area contributed by atoms with Crippen molar-refractivity contribution in [3.8, 4) is 0 Å². The molecule has 3 heteroatoms. The number of ether oxygens (including phenoxy) is 1. The van der Waals surface area contributed by atoms with Crippen LogP contribution in [0.4, 0.5) is 0 Å². The second kappa shape index (κ2) is 8.08. The molecular weight excluding hydrogens is 152 g/mol. The van der Waals surface area contributed by atoms with Crippen molar-refractivity contribution in [1.29, 1.82) is 0 Å². The fourth-order valence-corrected chi connectivity index (χ4v) is 0.712. The molecule has 0 saturated heterocycles. The van der Waals surface area contributed by atoms with E-state index in [1.807, 2.05) is 6.92 Å². The topological polar surface area (TPSA) is 26.3 Å². The predicted molar refractivity (Wildman–Crippen MR) is 46.4 cm³/mol. The van der Waals surface area contributed by atoms with Gasteiger partial charge in [0.15, 0.2) is 0 Å². The highest BCUT2D eigenvalue weighted by molar-refractivity contribution is 5.81. The van der Waals surface area contributed by atoms with Crippen LogP contribution in [-0.2, 0) is 9.53 Å². The van der Waals surface area contributed by atoms with Gasteiger partial charge < -0.3 is 4.74 Å². The third kappa shape index (κ3) is 7.88. The van der Waals surface area contributed by atoms with Crippen molar-refractivity contribution in [2.75, 3.05) is 0 Å². The van der Waals surface area contributed by atoms with Crippen LogP contribution in [0.15, 0.2) is 12.7 Å². The summed E-state index contributed by atoms with van der Waals surface area (Å²) in [5.41, 5.74) is 0. The number of carbonyl (C=O) groups is 1. The summed E-state index contributed by atoms with van der Waals surface area (Å²) in [6.45, 7) is 7.23. The van der Waals surface area contributed by atoms with E-state index in [0.29, 0.717) is 0 Å². The second-order valence-corrected chi connectivity index (χ2v) is 2.24. The molecule has 0 N–H and O–H groups in total. The fraction of sp³-hybridized carbons (Fsp3) is 0.625. The summed E-state index contributed by atoms with van der Waals surface area (Å²) in [6.07, 6.45) is 3.16. The minimum Gasteiger partial charge on any atom is -0.460 e. The van der Waals surface area contributed by atoms with Crippen LogP contribution in [0.2, 0.25) is 0 Å². The molecule has 0 amide bonds. The molecule has 0 aromatic rings. The molecule has 60 valence electrons. The maximum Gasteiger partial charge on any atom is 0.330 e. The zero-order valence-electron chi connectivity index (χ0n) is 7.30. The first kappa shape index (κ1) is 13.6. The predicted octanol–water partition coefficient (Wildman–Crippen LogP) is 1.52. The summed E-state index contributed by atoms with van der Waals surface area (Å²) in [5, 5.41) is 0. The standard InChI is InChI=1S/C8H14O2.Mg/c1-4-6-7(3)10-8(9)5-2;/h5,7H,2,4,6H2,1,3H3;. The second-order valence-electron chi connectivity index (χ2n) is 2.24. The lowest BCUT2D eigenvalue weighted by Crippen LogP contribution is -2.11. The number of hydrogen-bond acceptors (Lipinski definition) is 2. The molecule has 0 fully saturated rings. The maximum absolute atomic E-state index is 10.6. The van der Waals surface area contributed by atoms with E-state index in [1.54, 1.807) is 0 Å². The zero-order chi connectivity index (χ0) is 7.98. The Balaban J connectivity index is 0. The van der Waals surface area contributed by atoms with Crippen LogP contribution in [0, 0.1) is 0 Å². The highest BCUT2D eigenvalue weighted by atomic mass is 24.3. The van der Waals surface area contributed by atoms with E-state index >= 15 is 0 Å². The SMILES string of the molecule is C=CC(=O)OC(C)CCC.[Mg]. The Hall–Kier alpha value is -0.0238. The van der Waals surface area contributed by atoms with Gasteiger partial charge in [-0.2, -0.15) is 0 Å². The van der Waals surface area contributed by atoms with Crippen molar-refractivity contribution in [3.63, 3.8) is 0 Å². The van der Waals surface area contributed by atoms with Crippen LogP contribution in [0.5, 0.6) is 0 Å². The van der Waals surface area contributed by atoms with E-state index in [2.05, 4.69) is 13.5 Å². The van der Waals surface area contributed by atoms with Gasteiger partial charge in [0.2, 0.25) is 0 Å². The average Bonchev–Trinajstić information content (AvgIpc) is 1.88. The van der Waals surface area contributed by atoms with Gasteiger partial charge in [-0.05, 0) is 13.3 Å². The van der Waals surface area contributed by atoms with Crippen molar-refractivity contribution >= 4 is 29.0 Å². The van der Waals surface area contributed by atoms with Crippen LogP contribution >= 0.6 is 0 Å². The molecule has 0 spiro atoms. The van der Waals surface area contributed by atoms with Crippen LogP contribution in [0.1, 0.15) is 26.7 Å². The van der Waals surface area contributed by atoms with Gasteiger partial charge in [-0.25, -0.2) is 4.79 Å². The van der Waals surface area contributed by atoms with Crippen molar-refractivity contribution in [1.82, 2.24) is 0 Å². The van der Waals surface area contributed by atoms with Gasteiger partial charge in [0.1, 0.15) is 0 Å². The van der Waals surface area contributed by atoms with Crippen LogP contribution in [0.3, 0.4) is 0 Å². The Labute approximate surface area is 84.1 Å². The first-order valence-electron chi connectivity index (χ1n) is 3.53. The van der Waals surface area contributed by atoms with Crippen LogP contribution in [-0.4, -0.2) is 35.1 Å². The molecule has 0 aliphatic rings. The van der Waals surface area contributed by atoms with Crippen molar-refractivity contribution in [3.05, 3.63) is 12.7 Å². The molecule has 0 rings (SSSR count). The van der Waals surface area contributed by atoms with Gasteiger partial charge in [-0.3, -0.25) is 0 Å². The first-order valence-corrected chi connectivity index (χ1v) is 3.53. The molecule has 1 unspecified atom stereocenters. The highest BCUT2D eigenvalue weighted by Crippen LogP contribution is 2.00. The van der Waals surface area contributed by atoms with Crippen molar-refractivity contribution < 1.29 is 9.53 Å². The van der Waals surface area contributed by atoms with Crippen molar-refractivity contribution in [2.45, 2.75) is 32.8 Å². The van der Waals surface area contributed by atoms with Gasteiger partial charge in [-0.1, -0.05) is 19.9 Å². The molecule has 0 heterocycles. The number of hydrogen-bond donors (Lipinski definition) is 0. The van der Waals surface area contributed by atoms with E-state index < -0.39 is 0 Å². The average molecular weight is 167 g/mol. The van der Waals surface area contributed by atoms with E-state index in [1.165, 1.54) is 6.08 Å². The normalized spacial score (nSPS) is 11.1. The quantitative estimate of drug-likeness (QED) is 0.360. The summed E-state index contributed by atoms with van der Waals surface area (Å²) in [5.74, 6) is -0.332. The number of rotatable bonds is 4. The third-order valence-electron chi connectivity index (χ3n) is 1.18. The monoisotopic (exact) mass is 166 g/mol. The molecule has 0 bridgehead atoms. The van der Waals surface area contributed by atoms with Crippen molar-refractivity contribution in [2.24, 2.45) is 0 Å². The minimum atomic E-state index is -0.332. The smallest absolute Gasteiger partial charge is 0.330 e. The molecule has 11 heavy (non-hydrogen) atoms. The summed E-state index contributed by atoms with van der Waals surface area (Å²) in [7, 11) is 0. The van der Waals surface area contributed by atoms with E-state index in [-0.39, 0.29) is 35.1 Å². The minimum absolute atomic E-state index is 0. The van der Waals surface area contributed by atoms with Gasteiger partial charge in [0.25, 0.3) is 0 Å². The zero-order valence-corrected chi connectivity index (χ0v) is 8.71. The van der Waals surface area contributed by atoms with E-state index in [4.69, 9.17) is 4.74 Å². The summed E-state index contributed by atoms with van der Waals surface area (Å²) >= 11 is 0. The maximum atomic E-state index is 10.6. The van der Waals surface area contributed by atoms with Gasteiger partial charge >= 0.3 is 5.97 Å². The lowest BCUT2D eigenvalue weighted by Gasteiger charge is -2.09. The number of carbonyl (C=O) groups excluding carboxylic acids is 1.